The molecule has 4 rings (SSSR count). The zero-order valence-corrected chi connectivity index (χ0v) is 16.7. The smallest absolute Gasteiger partial charge is 0.281 e. The summed E-state index contributed by atoms with van der Waals surface area (Å²) < 4.78 is 19.9. The van der Waals surface area contributed by atoms with Gasteiger partial charge in [0.05, 0.1) is 6.54 Å². The summed E-state index contributed by atoms with van der Waals surface area (Å²) in [6, 6.07) is 20.4. The van der Waals surface area contributed by atoms with Gasteiger partial charge in [0.1, 0.15) is 11.6 Å². The quantitative estimate of drug-likeness (QED) is 0.402. The SMILES string of the molecule is O=C(c1cc(-c2ccc(Br)cc2)on1)N(Cc1cccc(F)c1)c1ccccn1. The first kappa shape index (κ1) is 19.0. The lowest BCUT2D eigenvalue weighted by Crippen LogP contribution is -2.31. The maximum atomic E-state index is 13.6. The molecule has 144 valence electrons. The Morgan fingerprint density at radius 1 is 1.03 bits per heavy atom. The summed E-state index contributed by atoms with van der Waals surface area (Å²) >= 11 is 3.39. The Kier molecular flexibility index (Phi) is 5.48. The maximum Gasteiger partial charge on any atom is 0.281 e. The molecule has 0 unspecified atom stereocenters. The molecule has 0 fully saturated rings. The molecular formula is C22H15BrFN3O2. The van der Waals surface area contributed by atoms with Gasteiger partial charge in [-0.25, -0.2) is 9.37 Å². The fourth-order valence-corrected chi connectivity index (χ4v) is 3.12. The van der Waals surface area contributed by atoms with Crippen LogP contribution < -0.4 is 4.90 Å². The van der Waals surface area contributed by atoms with Crippen LogP contribution in [0.5, 0.6) is 0 Å². The molecule has 2 heterocycles. The number of carbonyl (C=O) groups is 1. The van der Waals surface area contributed by atoms with Gasteiger partial charge in [-0.05, 0) is 42.0 Å². The van der Waals surface area contributed by atoms with Gasteiger partial charge < -0.3 is 4.52 Å². The number of aromatic nitrogens is 2. The van der Waals surface area contributed by atoms with E-state index in [2.05, 4.69) is 26.1 Å². The van der Waals surface area contributed by atoms with Crippen molar-refractivity contribution in [2.75, 3.05) is 4.90 Å². The van der Waals surface area contributed by atoms with Crippen LogP contribution >= 0.6 is 15.9 Å². The van der Waals surface area contributed by atoms with Crippen molar-refractivity contribution in [3.63, 3.8) is 0 Å². The molecule has 1 amide bonds. The van der Waals surface area contributed by atoms with E-state index in [0.717, 1.165) is 10.0 Å². The second kappa shape index (κ2) is 8.36. The van der Waals surface area contributed by atoms with Gasteiger partial charge in [0.15, 0.2) is 11.5 Å². The van der Waals surface area contributed by atoms with Crippen molar-refractivity contribution in [1.82, 2.24) is 10.1 Å². The first-order chi connectivity index (χ1) is 14.1. The first-order valence-corrected chi connectivity index (χ1v) is 9.59. The summed E-state index contributed by atoms with van der Waals surface area (Å²) in [5.41, 5.74) is 1.58. The fourth-order valence-electron chi connectivity index (χ4n) is 2.85. The first-order valence-electron chi connectivity index (χ1n) is 8.80. The number of halogens is 2. The van der Waals surface area contributed by atoms with E-state index in [1.807, 2.05) is 24.3 Å². The molecule has 0 radical (unpaired) electrons. The minimum Gasteiger partial charge on any atom is -0.355 e. The van der Waals surface area contributed by atoms with Crippen molar-refractivity contribution in [3.05, 3.63) is 101 Å². The molecule has 0 aliphatic carbocycles. The second-order valence-electron chi connectivity index (χ2n) is 6.29. The van der Waals surface area contributed by atoms with Gasteiger partial charge >= 0.3 is 0 Å². The number of rotatable bonds is 5. The number of benzene rings is 2. The summed E-state index contributed by atoms with van der Waals surface area (Å²) in [7, 11) is 0. The van der Waals surface area contributed by atoms with Crippen LogP contribution in [0.4, 0.5) is 10.2 Å². The highest BCUT2D eigenvalue weighted by Crippen LogP contribution is 2.24. The summed E-state index contributed by atoms with van der Waals surface area (Å²) in [6.07, 6.45) is 1.59. The fraction of sp³-hybridized carbons (Fsp3) is 0.0455. The number of anilines is 1. The van der Waals surface area contributed by atoms with Crippen LogP contribution in [0.1, 0.15) is 16.1 Å². The van der Waals surface area contributed by atoms with E-state index in [1.54, 1.807) is 42.6 Å². The van der Waals surface area contributed by atoms with Crippen molar-refractivity contribution in [2.24, 2.45) is 0 Å². The van der Waals surface area contributed by atoms with E-state index in [4.69, 9.17) is 4.52 Å². The average Bonchev–Trinajstić information content (AvgIpc) is 3.23. The van der Waals surface area contributed by atoms with Crippen molar-refractivity contribution in [2.45, 2.75) is 6.54 Å². The molecule has 0 saturated carbocycles. The van der Waals surface area contributed by atoms with Gasteiger partial charge in [-0.2, -0.15) is 0 Å². The summed E-state index contributed by atoms with van der Waals surface area (Å²) in [5, 5.41) is 3.94. The number of hydrogen-bond acceptors (Lipinski definition) is 4. The van der Waals surface area contributed by atoms with Gasteiger partial charge in [0.2, 0.25) is 0 Å². The zero-order valence-electron chi connectivity index (χ0n) is 15.1. The molecule has 0 bridgehead atoms. The third-order valence-electron chi connectivity index (χ3n) is 4.26. The molecule has 0 aliphatic heterocycles. The predicted octanol–water partition coefficient (Wildman–Crippen LogP) is 5.49. The number of carbonyl (C=O) groups excluding carboxylic acids is 1. The largest absolute Gasteiger partial charge is 0.355 e. The van der Waals surface area contributed by atoms with E-state index in [-0.39, 0.29) is 24.0 Å². The van der Waals surface area contributed by atoms with Crippen LogP contribution in [0.3, 0.4) is 0 Å². The van der Waals surface area contributed by atoms with Crippen LogP contribution in [-0.2, 0) is 6.54 Å². The minimum atomic E-state index is -0.389. The van der Waals surface area contributed by atoms with Gasteiger partial charge in [-0.3, -0.25) is 9.69 Å². The van der Waals surface area contributed by atoms with Crippen LogP contribution in [0.2, 0.25) is 0 Å². The van der Waals surface area contributed by atoms with Crippen LogP contribution in [0, 0.1) is 5.82 Å². The third-order valence-corrected chi connectivity index (χ3v) is 4.79. The average molecular weight is 452 g/mol. The van der Waals surface area contributed by atoms with Gasteiger partial charge in [0, 0.05) is 22.3 Å². The Morgan fingerprint density at radius 3 is 2.59 bits per heavy atom. The van der Waals surface area contributed by atoms with Gasteiger partial charge in [-0.15, -0.1) is 0 Å². The molecule has 2 aromatic carbocycles. The molecule has 5 nitrogen and oxygen atoms in total. The molecule has 0 saturated heterocycles. The Labute approximate surface area is 174 Å². The summed E-state index contributed by atoms with van der Waals surface area (Å²) in [6.45, 7) is 0.147. The number of hydrogen-bond donors (Lipinski definition) is 0. The monoisotopic (exact) mass is 451 g/mol. The van der Waals surface area contributed by atoms with Gasteiger partial charge in [0.25, 0.3) is 5.91 Å². The number of amides is 1. The van der Waals surface area contributed by atoms with E-state index in [1.165, 1.54) is 17.0 Å². The second-order valence-corrected chi connectivity index (χ2v) is 7.21. The lowest BCUT2D eigenvalue weighted by atomic mass is 10.1. The standard InChI is InChI=1S/C22H15BrFN3O2/c23-17-9-7-16(8-10-17)20-13-19(26-29-20)22(28)27(21-6-1-2-11-25-21)14-15-4-3-5-18(24)12-15/h1-13H,14H2. The predicted molar refractivity (Wildman–Crippen MR) is 111 cm³/mol. The van der Waals surface area contributed by atoms with Gasteiger partial charge in [-0.1, -0.05) is 51.4 Å². The summed E-state index contributed by atoms with van der Waals surface area (Å²) in [5.74, 6) is 0.164. The molecule has 0 atom stereocenters. The normalized spacial score (nSPS) is 10.7. The Hall–Kier alpha value is -3.32. The van der Waals surface area contributed by atoms with Crippen molar-refractivity contribution < 1.29 is 13.7 Å². The molecule has 4 aromatic rings. The topological polar surface area (TPSA) is 59.2 Å². The van der Waals surface area contributed by atoms with E-state index >= 15 is 0 Å². The minimum absolute atomic E-state index is 0.143. The lowest BCUT2D eigenvalue weighted by molar-refractivity contribution is 0.0975. The molecular weight excluding hydrogens is 437 g/mol. The molecule has 0 aliphatic rings. The van der Waals surface area contributed by atoms with Crippen molar-refractivity contribution >= 4 is 27.7 Å². The van der Waals surface area contributed by atoms with E-state index < -0.39 is 0 Å². The van der Waals surface area contributed by atoms with Crippen molar-refractivity contribution in [1.29, 1.82) is 0 Å². The van der Waals surface area contributed by atoms with Crippen LogP contribution in [-0.4, -0.2) is 16.0 Å². The Bertz CT molecular complexity index is 1130. The number of nitrogens with zero attached hydrogens (tertiary/aromatic N) is 3. The highest BCUT2D eigenvalue weighted by molar-refractivity contribution is 9.10. The van der Waals surface area contributed by atoms with Crippen molar-refractivity contribution in [3.8, 4) is 11.3 Å². The molecule has 2 aromatic heterocycles. The van der Waals surface area contributed by atoms with E-state index in [9.17, 15) is 9.18 Å². The molecule has 0 spiro atoms. The number of pyridine rings is 1. The Balaban J connectivity index is 1.65. The van der Waals surface area contributed by atoms with E-state index in [0.29, 0.717) is 17.1 Å². The highest BCUT2D eigenvalue weighted by atomic mass is 79.9. The zero-order chi connectivity index (χ0) is 20.2. The molecule has 0 N–H and O–H groups in total. The van der Waals surface area contributed by atoms with Crippen LogP contribution in [0.25, 0.3) is 11.3 Å². The highest BCUT2D eigenvalue weighted by Gasteiger charge is 2.23. The molecule has 7 heteroatoms. The van der Waals surface area contributed by atoms with Crippen LogP contribution in [0.15, 0.2) is 88.0 Å². The third kappa shape index (κ3) is 4.41. The summed E-state index contributed by atoms with van der Waals surface area (Å²) in [4.78, 5) is 18.9. The Morgan fingerprint density at radius 2 is 1.86 bits per heavy atom. The lowest BCUT2D eigenvalue weighted by Gasteiger charge is -2.20. The maximum absolute atomic E-state index is 13.6. The molecule has 29 heavy (non-hydrogen) atoms.